The fourth-order valence-electron chi connectivity index (χ4n) is 4.30. The molecular weight excluding hydrogens is 460 g/mol. The second kappa shape index (κ2) is 10.0. The minimum absolute atomic E-state index is 0.119. The van der Waals surface area contributed by atoms with Crippen LogP contribution < -0.4 is 30.7 Å². The van der Waals surface area contributed by atoms with Crippen LogP contribution >= 0.6 is 0 Å². The van der Waals surface area contributed by atoms with Gasteiger partial charge in [-0.3, -0.25) is 9.59 Å². The van der Waals surface area contributed by atoms with Crippen LogP contribution in [0.15, 0.2) is 54.7 Å². The maximum absolute atomic E-state index is 12.0. The second-order valence-electron chi connectivity index (χ2n) is 8.69. The third-order valence-electron chi connectivity index (χ3n) is 6.32. The van der Waals surface area contributed by atoms with Gasteiger partial charge in [0.15, 0.2) is 11.5 Å². The monoisotopic (exact) mass is 488 g/mol. The Morgan fingerprint density at radius 3 is 2.47 bits per heavy atom. The van der Waals surface area contributed by atoms with E-state index in [1.165, 1.54) is 6.20 Å². The molecule has 10 nitrogen and oxygen atoms in total. The lowest BCUT2D eigenvalue weighted by atomic mass is 10.1. The number of carbonyl (C=O) groups excluding carboxylic acids is 2. The van der Waals surface area contributed by atoms with Crippen LogP contribution in [0.25, 0.3) is 0 Å². The van der Waals surface area contributed by atoms with Crippen LogP contribution in [0.1, 0.15) is 22.8 Å². The number of nitrogens with two attached hydrogens (primary N) is 1. The van der Waals surface area contributed by atoms with Crippen molar-refractivity contribution in [3.63, 3.8) is 0 Å². The fraction of sp³-hybridized carbons (Fsp3) is 0.269. The van der Waals surface area contributed by atoms with Gasteiger partial charge in [-0.2, -0.15) is 0 Å². The maximum Gasteiger partial charge on any atom is 0.252 e. The molecule has 4 N–H and O–H groups in total. The van der Waals surface area contributed by atoms with E-state index in [-0.39, 0.29) is 12.7 Å². The van der Waals surface area contributed by atoms with Crippen molar-refractivity contribution >= 4 is 34.7 Å². The third-order valence-corrected chi connectivity index (χ3v) is 6.32. The number of hydrogen-bond acceptors (Lipinski definition) is 8. The average molecular weight is 489 g/mol. The number of rotatable bonds is 7. The maximum atomic E-state index is 12.0. The van der Waals surface area contributed by atoms with Crippen LogP contribution in [0.2, 0.25) is 0 Å². The summed E-state index contributed by atoms with van der Waals surface area (Å²) in [7, 11) is 0. The van der Waals surface area contributed by atoms with Crippen LogP contribution in [0.4, 0.5) is 22.9 Å². The van der Waals surface area contributed by atoms with Crippen molar-refractivity contribution in [2.45, 2.75) is 13.5 Å². The van der Waals surface area contributed by atoms with E-state index < -0.39 is 5.91 Å². The molecule has 0 aliphatic carbocycles. The van der Waals surface area contributed by atoms with E-state index in [0.29, 0.717) is 29.4 Å². The molecule has 10 heteroatoms. The summed E-state index contributed by atoms with van der Waals surface area (Å²) in [5, 5.41) is 6.56. The lowest BCUT2D eigenvalue weighted by molar-refractivity contribution is -0.129. The van der Waals surface area contributed by atoms with Crippen LogP contribution in [-0.2, 0) is 11.3 Å². The molecule has 0 saturated carbocycles. The molecule has 0 atom stereocenters. The molecule has 36 heavy (non-hydrogen) atoms. The number of aromatic nitrogens is 1. The van der Waals surface area contributed by atoms with E-state index in [1.807, 2.05) is 47.4 Å². The van der Waals surface area contributed by atoms with Gasteiger partial charge in [0.05, 0.1) is 11.3 Å². The summed E-state index contributed by atoms with van der Waals surface area (Å²) in [6, 6.07) is 15.5. The molecule has 186 valence electrons. The van der Waals surface area contributed by atoms with Crippen LogP contribution in [0.5, 0.6) is 11.5 Å². The van der Waals surface area contributed by atoms with E-state index >= 15 is 0 Å². The van der Waals surface area contributed by atoms with Gasteiger partial charge in [-0.15, -0.1) is 0 Å². The van der Waals surface area contributed by atoms with Gasteiger partial charge in [0.2, 0.25) is 12.7 Å². The first-order valence-corrected chi connectivity index (χ1v) is 11.8. The molecule has 2 aromatic carbocycles. The lowest BCUT2D eigenvalue weighted by Crippen LogP contribution is -2.48. The first-order chi connectivity index (χ1) is 17.5. The van der Waals surface area contributed by atoms with Gasteiger partial charge in [0, 0.05) is 63.3 Å². The third kappa shape index (κ3) is 5.12. The Labute approximate surface area is 209 Å². The number of nitrogens with one attached hydrogen (secondary N) is 2. The van der Waals surface area contributed by atoms with Gasteiger partial charge in [0.1, 0.15) is 5.82 Å². The van der Waals surface area contributed by atoms with Gasteiger partial charge < -0.3 is 35.6 Å². The van der Waals surface area contributed by atoms with E-state index in [0.717, 1.165) is 48.9 Å². The van der Waals surface area contributed by atoms with Gasteiger partial charge in [0.25, 0.3) is 5.91 Å². The Morgan fingerprint density at radius 2 is 1.75 bits per heavy atom. The summed E-state index contributed by atoms with van der Waals surface area (Å²) in [4.78, 5) is 32.0. The number of hydrogen-bond donors (Lipinski definition) is 3. The number of amides is 2. The predicted molar refractivity (Wildman–Crippen MR) is 137 cm³/mol. The molecule has 1 aromatic heterocycles. The minimum Gasteiger partial charge on any atom is -0.454 e. The number of benzene rings is 2. The van der Waals surface area contributed by atoms with Crippen LogP contribution in [-0.4, -0.2) is 54.7 Å². The number of ether oxygens (including phenoxy) is 2. The summed E-state index contributed by atoms with van der Waals surface area (Å²) in [6.07, 6.45) is 1.47. The zero-order valence-corrected chi connectivity index (χ0v) is 20.0. The molecule has 1 saturated heterocycles. The molecule has 0 spiro atoms. The number of piperazine rings is 1. The molecule has 1 fully saturated rings. The van der Waals surface area contributed by atoms with E-state index in [9.17, 15) is 9.59 Å². The van der Waals surface area contributed by atoms with Gasteiger partial charge in [-0.05, 0) is 42.0 Å². The summed E-state index contributed by atoms with van der Waals surface area (Å²) in [5.41, 5.74) is 9.40. The fourth-order valence-corrected chi connectivity index (χ4v) is 4.30. The van der Waals surface area contributed by atoms with Crippen molar-refractivity contribution in [3.05, 3.63) is 65.9 Å². The van der Waals surface area contributed by atoms with E-state index in [2.05, 4.69) is 20.5 Å². The normalized spacial score (nSPS) is 14.5. The molecule has 0 unspecified atom stereocenters. The number of anilines is 4. The minimum atomic E-state index is -0.559. The van der Waals surface area contributed by atoms with Crippen LogP contribution in [0.3, 0.4) is 0 Å². The summed E-state index contributed by atoms with van der Waals surface area (Å²) in [6.45, 7) is 5.36. The number of primary amides is 1. The molecular formula is C26H28N6O4. The van der Waals surface area contributed by atoms with Crippen molar-refractivity contribution in [1.29, 1.82) is 0 Å². The van der Waals surface area contributed by atoms with E-state index in [1.54, 1.807) is 13.0 Å². The Balaban J connectivity index is 1.25. The molecule has 0 radical (unpaired) electrons. The van der Waals surface area contributed by atoms with Crippen molar-refractivity contribution in [3.8, 4) is 11.5 Å². The number of carbonyl (C=O) groups is 2. The van der Waals surface area contributed by atoms with Crippen LogP contribution in [0, 0.1) is 0 Å². The zero-order valence-electron chi connectivity index (χ0n) is 20.0. The number of pyridine rings is 1. The summed E-state index contributed by atoms with van der Waals surface area (Å²) in [5.74, 6) is 1.56. The van der Waals surface area contributed by atoms with Gasteiger partial charge in [-0.1, -0.05) is 6.07 Å². The molecule has 2 aliphatic rings. The molecule has 2 amide bonds. The molecule has 5 rings (SSSR count). The Morgan fingerprint density at radius 1 is 1.00 bits per heavy atom. The second-order valence-corrected chi connectivity index (χ2v) is 8.69. The SMILES string of the molecule is CC(=O)N1CCN(c2ccc(Nc3cc(NCc4ccc5c(c4)OCO5)c(C(N)=O)cn3)cc2)CC1. The van der Waals surface area contributed by atoms with Gasteiger partial charge >= 0.3 is 0 Å². The highest BCUT2D eigenvalue weighted by atomic mass is 16.7. The smallest absolute Gasteiger partial charge is 0.252 e. The average Bonchev–Trinajstić information content (AvgIpc) is 3.36. The first-order valence-electron chi connectivity index (χ1n) is 11.8. The largest absolute Gasteiger partial charge is 0.454 e. The highest BCUT2D eigenvalue weighted by Gasteiger charge is 2.19. The van der Waals surface area contributed by atoms with Crippen molar-refractivity contribution in [1.82, 2.24) is 9.88 Å². The standard InChI is InChI=1S/C26H28N6O4/c1-17(33)31-8-10-32(11-9-31)20-5-3-19(4-6-20)30-25-13-22(21(15-29-25)26(27)34)28-14-18-2-7-23-24(12-18)36-16-35-23/h2-7,12-13,15H,8-11,14,16H2,1H3,(H2,27,34)(H2,28,29,30). The summed E-state index contributed by atoms with van der Waals surface area (Å²) >= 11 is 0. The van der Waals surface area contributed by atoms with Crippen molar-refractivity contribution in [2.24, 2.45) is 5.73 Å². The quantitative estimate of drug-likeness (QED) is 0.464. The summed E-state index contributed by atoms with van der Waals surface area (Å²) < 4.78 is 10.8. The van der Waals surface area contributed by atoms with E-state index in [4.69, 9.17) is 15.2 Å². The molecule has 3 aromatic rings. The molecule has 2 aliphatic heterocycles. The molecule has 0 bridgehead atoms. The highest BCUT2D eigenvalue weighted by molar-refractivity contribution is 5.98. The first kappa shape index (κ1) is 23.3. The topological polar surface area (TPSA) is 122 Å². The van der Waals surface area contributed by atoms with Crippen molar-refractivity contribution in [2.75, 3.05) is 48.5 Å². The zero-order chi connectivity index (χ0) is 25.1. The number of fused-ring (bicyclic) bond motifs is 1. The predicted octanol–water partition coefficient (Wildman–Crippen LogP) is 2.93. The number of nitrogens with zero attached hydrogens (tertiary/aromatic N) is 3. The Hall–Kier alpha value is -4.47. The van der Waals surface area contributed by atoms with Gasteiger partial charge in [-0.25, -0.2) is 4.98 Å². The lowest BCUT2D eigenvalue weighted by Gasteiger charge is -2.35. The highest BCUT2D eigenvalue weighted by Crippen LogP contribution is 2.33. The van der Waals surface area contributed by atoms with Crippen molar-refractivity contribution < 1.29 is 19.1 Å². The Kier molecular flexibility index (Phi) is 6.48. The Bertz CT molecular complexity index is 1270. The molecule has 3 heterocycles.